The number of anilines is 1. The van der Waals surface area contributed by atoms with E-state index in [2.05, 4.69) is 5.32 Å². The Morgan fingerprint density at radius 3 is 2.71 bits per heavy atom. The molecule has 1 aromatic carbocycles. The molecule has 0 spiro atoms. The lowest BCUT2D eigenvalue weighted by molar-refractivity contribution is -0.139. The summed E-state index contributed by atoms with van der Waals surface area (Å²) in [7, 11) is 0. The summed E-state index contributed by atoms with van der Waals surface area (Å²) in [6.45, 7) is 1.67. The number of hydrogen-bond acceptors (Lipinski definition) is 3. The van der Waals surface area contributed by atoms with Gasteiger partial charge in [-0.05, 0) is 24.6 Å². The first-order valence-electron chi connectivity index (χ1n) is 5.04. The number of halogens is 1. The highest BCUT2D eigenvalue weighted by atomic mass is 35.5. The van der Waals surface area contributed by atoms with Crippen LogP contribution in [-0.2, 0) is 4.79 Å². The number of carboxylic acids is 1. The number of nitrogens with two attached hydrogens (primary N) is 1. The smallest absolute Gasteiger partial charge is 0.326 e. The van der Waals surface area contributed by atoms with Crippen molar-refractivity contribution in [3.05, 3.63) is 28.8 Å². The second kappa shape index (κ2) is 5.54. The first-order chi connectivity index (χ1) is 7.95. The van der Waals surface area contributed by atoms with Gasteiger partial charge in [-0.15, -0.1) is 0 Å². The molecule has 17 heavy (non-hydrogen) atoms. The molecule has 0 saturated carbocycles. The standard InChI is InChI=1S/C11H13ClN2O3/c1-2-9(11(16)17)14-10(15)7-5-6(12)3-4-8(7)13/h3-5,9H,2,13H2,1H3,(H,14,15)(H,16,17). The van der Waals surface area contributed by atoms with Crippen molar-refractivity contribution < 1.29 is 14.7 Å². The van der Waals surface area contributed by atoms with Crippen LogP contribution < -0.4 is 11.1 Å². The van der Waals surface area contributed by atoms with Gasteiger partial charge in [-0.3, -0.25) is 4.79 Å². The van der Waals surface area contributed by atoms with Gasteiger partial charge in [0.1, 0.15) is 6.04 Å². The average Bonchev–Trinajstić information content (AvgIpc) is 2.28. The van der Waals surface area contributed by atoms with Gasteiger partial charge in [0.25, 0.3) is 5.91 Å². The second-order valence-corrected chi connectivity index (χ2v) is 3.94. The van der Waals surface area contributed by atoms with Crippen LogP contribution in [0.4, 0.5) is 5.69 Å². The Morgan fingerprint density at radius 2 is 2.18 bits per heavy atom. The summed E-state index contributed by atoms with van der Waals surface area (Å²) in [5.41, 5.74) is 6.05. The molecule has 0 radical (unpaired) electrons. The van der Waals surface area contributed by atoms with Gasteiger partial charge in [-0.25, -0.2) is 4.79 Å². The highest BCUT2D eigenvalue weighted by Crippen LogP contribution is 2.17. The number of hydrogen-bond donors (Lipinski definition) is 3. The predicted octanol–water partition coefficient (Wildman–Crippen LogP) is 1.52. The first kappa shape index (κ1) is 13.3. The maximum Gasteiger partial charge on any atom is 0.326 e. The highest BCUT2D eigenvalue weighted by molar-refractivity contribution is 6.31. The van der Waals surface area contributed by atoms with Crippen molar-refractivity contribution >= 4 is 29.2 Å². The Kier molecular flexibility index (Phi) is 4.34. The largest absolute Gasteiger partial charge is 0.480 e. The van der Waals surface area contributed by atoms with Crippen LogP contribution >= 0.6 is 11.6 Å². The molecule has 0 bridgehead atoms. The maximum absolute atomic E-state index is 11.8. The van der Waals surface area contributed by atoms with Crippen LogP contribution in [0.3, 0.4) is 0 Å². The van der Waals surface area contributed by atoms with Crippen molar-refractivity contribution in [3.8, 4) is 0 Å². The fourth-order valence-electron chi connectivity index (χ4n) is 1.30. The molecule has 92 valence electrons. The molecule has 0 saturated heterocycles. The summed E-state index contributed by atoms with van der Waals surface area (Å²) in [6, 6.07) is 3.53. The highest BCUT2D eigenvalue weighted by Gasteiger charge is 2.19. The zero-order valence-electron chi connectivity index (χ0n) is 9.24. The van der Waals surface area contributed by atoms with E-state index in [0.29, 0.717) is 11.4 Å². The number of amides is 1. The molecule has 6 heteroatoms. The lowest BCUT2D eigenvalue weighted by atomic mass is 10.1. The average molecular weight is 257 g/mol. The molecule has 4 N–H and O–H groups in total. The molecular formula is C11H13ClN2O3. The minimum absolute atomic E-state index is 0.178. The van der Waals surface area contributed by atoms with Crippen molar-refractivity contribution in [1.29, 1.82) is 0 Å². The van der Waals surface area contributed by atoms with Crippen molar-refractivity contribution in [2.24, 2.45) is 0 Å². The fraction of sp³-hybridized carbons (Fsp3) is 0.273. The molecule has 0 heterocycles. The van der Waals surface area contributed by atoms with Gasteiger partial charge < -0.3 is 16.2 Å². The number of carboxylic acid groups (broad SMARTS) is 1. The third kappa shape index (κ3) is 3.35. The van der Waals surface area contributed by atoms with E-state index >= 15 is 0 Å². The van der Waals surface area contributed by atoms with E-state index in [0.717, 1.165) is 0 Å². The number of aliphatic carboxylic acids is 1. The SMILES string of the molecule is CCC(NC(=O)c1cc(Cl)ccc1N)C(=O)O. The van der Waals surface area contributed by atoms with Crippen LogP contribution in [0.25, 0.3) is 0 Å². The van der Waals surface area contributed by atoms with E-state index in [-0.39, 0.29) is 11.3 Å². The molecule has 1 rings (SSSR count). The summed E-state index contributed by atoms with van der Waals surface area (Å²) >= 11 is 5.74. The summed E-state index contributed by atoms with van der Waals surface area (Å²) < 4.78 is 0. The third-order valence-electron chi connectivity index (χ3n) is 2.27. The lowest BCUT2D eigenvalue weighted by Crippen LogP contribution is -2.40. The summed E-state index contributed by atoms with van der Waals surface area (Å²) in [6.07, 6.45) is 0.293. The van der Waals surface area contributed by atoms with E-state index in [1.807, 2.05) is 0 Å². The normalized spacial score (nSPS) is 11.9. The molecule has 0 fully saturated rings. The Labute approximate surface area is 104 Å². The quantitative estimate of drug-likeness (QED) is 0.712. The third-order valence-corrected chi connectivity index (χ3v) is 2.51. The Balaban J connectivity index is 2.89. The zero-order chi connectivity index (χ0) is 13.0. The van der Waals surface area contributed by atoms with E-state index < -0.39 is 17.9 Å². The van der Waals surface area contributed by atoms with Crippen molar-refractivity contribution in [1.82, 2.24) is 5.32 Å². The molecule has 5 nitrogen and oxygen atoms in total. The number of nitrogens with one attached hydrogen (secondary N) is 1. The monoisotopic (exact) mass is 256 g/mol. The van der Waals surface area contributed by atoms with Crippen LogP contribution in [0, 0.1) is 0 Å². The van der Waals surface area contributed by atoms with Crippen molar-refractivity contribution in [2.45, 2.75) is 19.4 Å². The molecule has 0 aliphatic rings. The van der Waals surface area contributed by atoms with Gasteiger partial charge in [0.2, 0.25) is 0 Å². The maximum atomic E-state index is 11.8. The van der Waals surface area contributed by atoms with Gasteiger partial charge >= 0.3 is 5.97 Å². The van der Waals surface area contributed by atoms with E-state index in [4.69, 9.17) is 22.4 Å². The van der Waals surface area contributed by atoms with Crippen molar-refractivity contribution in [3.63, 3.8) is 0 Å². The number of carbonyl (C=O) groups is 2. The van der Waals surface area contributed by atoms with Crippen LogP contribution in [0.15, 0.2) is 18.2 Å². The molecular weight excluding hydrogens is 244 g/mol. The molecule has 0 aliphatic carbocycles. The van der Waals surface area contributed by atoms with Crippen molar-refractivity contribution in [2.75, 3.05) is 5.73 Å². The molecule has 0 aromatic heterocycles. The molecule has 1 atom stereocenters. The van der Waals surface area contributed by atoms with Gasteiger partial charge in [0.15, 0.2) is 0 Å². The van der Waals surface area contributed by atoms with Crippen LogP contribution in [0.2, 0.25) is 5.02 Å². The summed E-state index contributed by atoms with van der Waals surface area (Å²) in [4.78, 5) is 22.6. The Hall–Kier alpha value is -1.75. The van der Waals surface area contributed by atoms with Crippen LogP contribution in [-0.4, -0.2) is 23.0 Å². The first-order valence-corrected chi connectivity index (χ1v) is 5.42. The Morgan fingerprint density at radius 1 is 1.53 bits per heavy atom. The number of benzene rings is 1. The Bertz CT molecular complexity index is 448. The molecule has 0 aliphatic heterocycles. The van der Waals surface area contributed by atoms with Gasteiger partial charge in [0, 0.05) is 10.7 Å². The number of carbonyl (C=O) groups excluding carboxylic acids is 1. The topological polar surface area (TPSA) is 92.4 Å². The minimum Gasteiger partial charge on any atom is -0.480 e. The van der Waals surface area contributed by atoms with Crippen LogP contribution in [0.5, 0.6) is 0 Å². The van der Waals surface area contributed by atoms with E-state index in [1.165, 1.54) is 12.1 Å². The van der Waals surface area contributed by atoms with Gasteiger partial charge in [-0.2, -0.15) is 0 Å². The number of nitrogen functional groups attached to an aromatic ring is 1. The molecule has 1 amide bonds. The van der Waals surface area contributed by atoms with Crippen LogP contribution in [0.1, 0.15) is 23.7 Å². The van der Waals surface area contributed by atoms with E-state index in [9.17, 15) is 9.59 Å². The van der Waals surface area contributed by atoms with Gasteiger partial charge in [-0.1, -0.05) is 18.5 Å². The van der Waals surface area contributed by atoms with E-state index in [1.54, 1.807) is 13.0 Å². The van der Waals surface area contributed by atoms with Gasteiger partial charge in [0.05, 0.1) is 5.56 Å². The number of rotatable bonds is 4. The zero-order valence-corrected chi connectivity index (χ0v) is 9.99. The summed E-state index contributed by atoms with van der Waals surface area (Å²) in [5.74, 6) is -1.62. The summed E-state index contributed by atoms with van der Waals surface area (Å²) in [5, 5.41) is 11.6. The second-order valence-electron chi connectivity index (χ2n) is 3.50. The fourth-order valence-corrected chi connectivity index (χ4v) is 1.47. The predicted molar refractivity (Wildman–Crippen MR) is 65.0 cm³/mol. The lowest BCUT2D eigenvalue weighted by Gasteiger charge is -2.13. The molecule has 1 aromatic rings. The minimum atomic E-state index is -1.08. The molecule has 1 unspecified atom stereocenters.